The number of H-pyrrole nitrogens is 1. The van der Waals surface area contributed by atoms with Gasteiger partial charge < -0.3 is 20.8 Å². The minimum Gasteiger partial charge on any atom is -0.480 e. The molecule has 0 aliphatic heterocycles. The second kappa shape index (κ2) is 6.60. The molecule has 0 saturated heterocycles. The van der Waals surface area contributed by atoms with E-state index in [-0.39, 0.29) is 19.6 Å². The number of carbonyl (C=O) groups is 2. The van der Waals surface area contributed by atoms with Gasteiger partial charge in [0.25, 0.3) is 0 Å². The topological polar surface area (TPSA) is 127 Å². The third-order valence-electron chi connectivity index (χ3n) is 2.39. The van der Waals surface area contributed by atoms with Gasteiger partial charge in [0.1, 0.15) is 6.04 Å². The molecule has 1 unspecified atom stereocenters. The van der Waals surface area contributed by atoms with Crippen LogP contribution in [0.2, 0.25) is 0 Å². The number of urea groups is 1. The number of rotatable bonds is 6. The average molecular weight is 256 g/mol. The van der Waals surface area contributed by atoms with E-state index in [0.29, 0.717) is 0 Å². The molecule has 8 nitrogen and oxygen atoms in total. The number of amides is 2. The number of hydrogen-bond donors (Lipinski definition) is 5. The number of hydrogen-bond acceptors (Lipinski definition) is 4. The van der Waals surface area contributed by atoms with Crippen molar-refractivity contribution in [2.24, 2.45) is 0 Å². The number of carboxylic acid groups (broad SMARTS) is 1. The summed E-state index contributed by atoms with van der Waals surface area (Å²) in [6.07, 6.45) is 1.55. The minimum absolute atomic E-state index is 0.0342. The zero-order chi connectivity index (χ0) is 13.5. The van der Waals surface area contributed by atoms with E-state index in [1.807, 2.05) is 6.92 Å². The summed E-state index contributed by atoms with van der Waals surface area (Å²) in [6, 6.07) is -1.70. The fourth-order valence-electron chi connectivity index (χ4n) is 1.33. The number of carboxylic acids is 1. The van der Waals surface area contributed by atoms with Crippen molar-refractivity contribution in [1.82, 2.24) is 20.8 Å². The quantitative estimate of drug-likeness (QED) is 0.462. The normalized spacial score (nSPS) is 11.9. The molecule has 0 radical (unpaired) electrons. The highest BCUT2D eigenvalue weighted by atomic mass is 16.4. The lowest BCUT2D eigenvalue weighted by Gasteiger charge is -2.13. The SMILES string of the molecule is Cc1[nH]ncc1CNC(=O)NC(CCO)C(=O)O. The summed E-state index contributed by atoms with van der Waals surface area (Å²) in [7, 11) is 0. The molecule has 1 aromatic rings. The van der Waals surface area contributed by atoms with Gasteiger partial charge in [-0.2, -0.15) is 5.10 Å². The number of aliphatic carboxylic acids is 1. The van der Waals surface area contributed by atoms with E-state index >= 15 is 0 Å². The van der Waals surface area contributed by atoms with E-state index in [2.05, 4.69) is 20.8 Å². The maximum atomic E-state index is 11.4. The molecule has 1 rings (SSSR count). The first-order valence-corrected chi connectivity index (χ1v) is 5.41. The fourth-order valence-corrected chi connectivity index (χ4v) is 1.33. The third kappa shape index (κ3) is 4.06. The van der Waals surface area contributed by atoms with Crippen molar-refractivity contribution in [1.29, 1.82) is 0 Å². The van der Waals surface area contributed by atoms with E-state index in [9.17, 15) is 9.59 Å². The summed E-state index contributed by atoms with van der Waals surface area (Å²) in [4.78, 5) is 22.2. The van der Waals surface area contributed by atoms with Crippen LogP contribution in [0.5, 0.6) is 0 Å². The van der Waals surface area contributed by atoms with Crippen LogP contribution in [0.4, 0.5) is 4.79 Å². The Morgan fingerprint density at radius 3 is 2.78 bits per heavy atom. The molecule has 0 saturated carbocycles. The predicted molar refractivity (Wildman–Crippen MR) is 61.8 cm³/mol. The van der Waals surface area contributed by atoms with Crippen LogP contribution in [0, 0.1) is 6.92 Å². The van der Waals surface area contributed by atoms with E-state index in [0.717, 1.165) is 11.3 Å². The Bertz CT molecular complexity index is 418. The van der Waals surface area contributed by atoms with E-state index < -0.39 is 18.0 Å². The van der Waals surface area contributed by atoms with Crippen molar-refractivity contribution in [3.8, 4) is 0 Å². The van der Waals surface area contributed by atoms with Gasteiger partial charge in [-0.25, -0.2) is 9.59 Å². The monoisotopic (exact) mass is 256 g/mol. The van der Waals surface area contributed by atoms with Gasteiger partial charge in [0, 0.05) is 30.8 Å². The average Bonchev–Trinajstić information content (AvgIpc) is 2.71. The minimum atomic E-state index is -1.18. The highest BCUT2D eigenvalue weighted by molar-refractivity contribution is 5.82. The maximum absolute atomic E-state index is 11.4. The molecular weight excluding hydrogens is 240 g/mol. The van der Waals surface area contributed by atoms with Crippen molar-refractivity contribution in [3.63, 3.8) is 0 Å². The van der Waals surface area contributed by atoms with Crippen molar-refractivity contribution >= 4 is 12.0 Å². The summed E-state index contributed by atoms with van der Waals surface area (Å²) in [6.45, 7) is 1.76. The van der Waals surface area contributed by atoms with E-state index in [4.69, 9.17) is 10.2 Å². The van der Waals surface area contributed by atoms with Crippen LogP contribution < -0.4 is 10.6 Å². The van der Waals surface area contributed by atoms with Crippen LogP contribution in [-0.2, 0) is 11.3 Å². The lowest BCUT2D eigenvalue weighted by atomic mass is 10.2. The Morgan fingerprint density at radius 1 is 1.56 bits per heavy atom. The number of nitrogens with zero attached hydrogens (tertiary/aromatic N) is 1. The molecule has 1 atom stereocenters. The van der Waals surface area contributed by atoms with Crippen molar-refractivity contribution in [3.05, 3.63) is 17.5 Å². The Hall–Kier alpha value is -2.09. The standard InChI is InChI=1S/C10H16N4O4/c1-6-7(5-12-14-6)4-11-10(18)13-8(2-3-15)9(16)17/h5,8,15H,2-4H2,1H3,(H,12,14)(H,16,17)(H2,11,13,18). The highest BCUT2D eigenvalue weighted by Crippen LogP contribution is 2.01. The molecular formula is C10H16N4O4. The number of aromatic amines is 1. The zero-order valence-electron chi connectivity index (χ0n) is 9.93. The number of aliphatic hydroxyl groups excluding tert-OH is 1. The van der Waals surface area contributed by atoms with Crippen LogP contribution in [0.3, 0.4) is 0 Å². The fraction of sp³-hybridized carbons (Fsp3) is 0.500. The maximum Gasteiger partial charge on any atom is 0.326 e. The molecule has 100 valence electrons. The Balaban J connectivity index is 2.41. The van der Waals surface area contributed by atoms with Crippen LogP contribution in [0.1, 0.15) is 17.7 Å². The van der Waals surface area contributed by atoms with Gasteiger partial charge in [-0.15, -0.1) is 0 Å². The summed E-state index contributed by atoms with van der Waals surface area (Å²) < 4.78 is 0. The molecule has 1 aromatic heterocycles. The Morgan fingerprint density at radius 2 is 2.28 bits per heavy atom. The molecule has 0 aliphatic carbocycles. The smallest absolute Gasteiger partial charge is 0.326 e. The van der Waals surface area contributed by atoms with Crippen LogP contribution in [0.15, 0.2) is 6.20 Å². The first-order chi connectivity index (χ1) is 8.54. The molecule has 5 N–H and O–H groups in total. The second-order valence-electron chi connectivity index (χ2n) is 3.75. The number of carbonyl (C=O) groups excluding carboxylic acids is 1. The lowest BCUT2D eigenvalue weighted by Crippen LogP contribution is -2.46. The predicted octanol–water partition coefficient (Wildman–Crippen LogP) is -0.647. The van der Waals surface area contributed by atoms with Crippen LogP contribution in [-0.4, -0.2) is 45.1 Å². The van der Waals surface area contributed by atoms with Gasteiger partial charge in [-0.3, -0.25) is 5.10 Å². The molecule has 8 heteroatoms. The highest BCUT2D eigenvalue weighted by Gasteiger charge is 2.18. The van der Waals surface area contributed by atoms with Gasteiger partial charge >= 0.3 is 12.0 Å². The van der Waals surface area contributed by atoms with E-state index in [1.54, 1.807) is 6.20 Å². The Labute approximate surface area is 103 Å². The number of aliphatic hydroxyl groups is 1. The molecule has 0 spiro atoms. The summed E-state index contributed by atoms with van der Waals surface area (Å²) >= 11 is 0. The van der Waals surface area contributed by atoms with Crippen LogP contribution >= 0.6 is 0 Å². The molecule has 0 fully saturated rings. The molecule has 1 heterocycles. The van der Waals surface area contributed by atoms with Gasteiger partial charge in [0.05, 0.1) is 6.20 Å². The van der Waals surface area contributed by atoms with Gasteiger partial charge in [0.15, 0.2) is 0 Å². The molecule has 0 aromatic carbocycles. The van der Waals surface area contributed by atoms with Gasteiger partial charge in [-0.1, -0.05) is 0 Å². The zero-order valence-corrected chi connectivity index (χ0v) is 9.93. The van der Waals surface area contributed by atoms with Gasteiger partial charge in [0.2, 0.25) is 0 Å². The number of aryl methyl sites for hydroxylation is 1. The van der Waals surface area contributed by atoms with Gasteiger partial charge in [-0.05, 0) is 6.92 Å². The molecule has 18 heavy (non-hydrogen) atoms. The van der Waals surface area contributed by atoms with Crippen LogP contribution in [0.25, 0.3) is 0 Å². The van der Waals surface area contributed by atoms with E-state index in [1.165, 1.54) is 0 Å². The number of nitrogens with one attached hydrogen (secondary N) is 3. The first-order valence-electron chi connectivity index (χ1n) is 5.41. The first kappa shape index (κ1) is 14.0. The number of aromatic nitrogens is 2. The van der Waals surface area contributed by atoms with Crippen molar-refractivity contribution in [2.45, 2.75) is 25.9 Å². The molecule has 0 aliphatic rings. The summed E-state index contributed by atoms with van der Waals surface area (Å²) in [5, 5.41) is 28.7. The third-order valence-corrected chi connectivity index (χ3v) is 2.39. The second-order valence-corrected chi connectivity index (χ2v) is 3.75. The van der Waals surface area contributed by atoms with Crippen molar-refractivity contribution < 1.29 is 19.8 Å². The molecule has 0 bridgehead atoms. The van der Waals surface area contributed by atoms with Crippen molar-refractivity contribution in [2.75, 3.05) is 6.61 Å². The largest absolute Gasteiger partial charge is 0.480 e. The Kier molecular flexibility index (Phi) is 5.12. The summed E-state index contributed by atoms with van der Waals surface area (Å²) in [5.41, 5.74) is 1.65. The lowest BCUT2D eigenvalue weighted by molar-refractivity contribution is -0.139. The summed E-state index contributed by atoms with van der Waals surface area (Å²) in [5.74, 6) is -1.18. The molecule has 2 amide bonds.